The third-order valence-corrected chi connectivity index (χ3v) is 6.18. The Hall–Kier alpha value is -2.25. The molecule has 1 heterocycles. The van der Waals surface area contributed by atoms with Gasteiger partial charge in [0.1, 0.15) is 18.5 Å². The molecule has 7 heteroatoms. The summed E-state index contributed by atoms with van der Waals surface area (Å²) in [5.74, 6) is -1.25. The lowest BCUT2D eigenvalue weighted by Crippen LogP contribution is -2.48. The second kappa shape index (κ2) is 9.62. The van der Waals surface area contributed by atoms with E-state index in [9.17, 15) is 17.6 Å². The van der Waals surface area contributed by atoms with Crippen molar-refractivity contribution in [3.63, 3.8) is 0 Å². The summed E-state index contributed by atoms with van der Waals surface area (Å²) < 4.78 is 45.7. The molecule has 1 aliphatic heterocycles. The van der Waals surface area contributed by atoms with Crippen molar-refractivity contribution in [1.82, 2.24) is 4.31 Å². The molecule has 0 radical (unpaired) electrons. The fraction of sp³-hybridized carbons (Fsp3) is 0.350. The molecule has 1 saturated heterocycles. The van der Waals surface area contributed by atoms with E-state index < -0.39 is 27.9 Å². The lowest BCUT2D eigenvalue weighted by Gasteiger charge is -2.33. The Morgan fingerprint density at radius 2 is 2.19 bits per heavy atom. The Morgan fingerprint density at radius 3 is 2.85 bits per heavy atom. The molecule has 0 spiro atoms. The first-order chi connectivity index (χ1) is 12.9. The predicted octanol–water partition coefficient (Wildman–Crippen LogP) is 3.60. The maximum atomic E-state index is 13.5. The number of nitrogens with zero attached hydrogens (tertiary/aromatic N) is 1. The van der Waals surface area contributed by atoms with Crippen LogP contribution in [-0.4, -0.2) is 37.9 Å². The van der Waals surface area contributed by atoms with E-state index in [1.807, 2.05) is 13.0 Å². The molecule has 1 aromatic carbocycles. The summed E-state index contributed by atoms with van der Waals surface area (Å²) in [6.07, 6.45) is 8.70. The number of piperidine rings is 1. The molecule has 1 aliphatic rings. The maximum Gasteiger partial charge on any atom is 0.324 e. The molecule has 1 aromatic rings. The summed E-state index contributed by atoms with van der Waals surface area (Å²) in [6, 6.07) is 3.88. The van der Waals surface area contributed by atoms with Gasteiger partial charge < -0.3 is 4.74 Å². The minimum absolute atomic E-state index is 0.0109. The minimum atomic E-state index is -3.99. The van der Waals surface area contributed by atoms with Crippen molar-refractivity contribution in [3.05, 3.63) is 66.5 Å². The summed E-state index contributed by atoms with van der Waals surface area (Å²) in [4.78, 5) is 12.4. The van der Waals surface area contributed by atoms with Crippen LogP contribution < -0.4 is 0 Å². The third kappa shape index (κ3) is 5.37. The standard InChI is InChI=1S/C20H24FNO4S/c1-3-5-9-16(4-2)15-26-20(23)19-12-6-7-13-22(19)27(24,25)18-11-8-10-17(21)14-18/h3-5,8-11,14,19H,2,6-7,12-13,15H2,1H3/b5-3-,16-9+. The Morgan fingerprint density at radius 1 is 1.41 bits per heavy atom. The molecular formula is C20H24FNO4S. The monoisotopic (exact) mass is 393 g/mol. The molecule has 5 nitrogen and oxygen atoms in total. The molecule has 1 atom stereocenters. The molecule has 0 bridgehead atoms. The van der Waals surface area contributed by atoms with E-state index in [4.69, 9.17) is 4.74 Å². The van der Waals surface area contributed by atoms with Gasteiger partial charge in [-0.05, 0) is 50.0 Å². The number of esters is 1. The zero-order valence-corrected chi connectivity index (χ0v) is 16.1. The van der Waals surface area contributed by atoms with Crippen molar-refractivity contribution in [2.75, 3.05) is 13.2 Å². The SMILES string of the molecule is C=C/C(=C\C=C/C)COC(=O)C1CCCCN1S(=O)(=O)c1cccc(F)c1. The van der Waals surface area contributed by atoms with Crippen LogP contribution in [0.15, 0.2) is 65.6 Å². The summed E-state index contributed by atoms with van der Waals surface area (Å²) in [6.45, 7) is 5.74. The van der Waals surface area contributed by atoms with Gasteiger partial charge in [0.15, 0.2) is 0 Å². The molecule has 0 aromatic heterocycles. The van der Waals surface area contributed by atoms with Crippen LogP contribution in [0, 0.1) is 5.82 Å². The van der Waals surface area contributed by atoms with E-state index in [0.29, 0.717) is 18.4 Å². The summed E-state index contributed by atoms with van der Waals surface area (Å²) in [5, 5.41) is 0. The number of rotatable bonds is 7. The number of allylic oxidation sites excluding steroid dienone is 3. The van der Waals surface area contributed by atoms with Crippen LogP contribution in [0.3, 0.4) is 0 Å². The fourth-order valence-electron chi connectivity index (χ4n) is 2.84. The number of carbonyl (C=O) groups is 1. The van der Waals surface area contributed by atoms with Crippen molar-refractivity contribution in [1.29, 1.82) is 0 Å². The van der Waals surface area contributed by atoms with Gasteiger partial charge in [0, 0.05) is 6.54 Å². The number of hydrogen-bond donors (Lipinski definition) is 0. The second-order valence-electron chi connectivity index (χ2n) is 6.16. The van der Waals surface area contributed by atoms with E-state index in [-0.39, 0.29) is 18.0 Å². The highest BCUT2D eigenvalue weighted by Crippen LogP contribution is 2.26. The number of hydrogen-bond acceptors (Lipinski definition) is 4. The minimum Gasteiger partial charge on any atom is -0.460 e. The number of halogens is 1. The van der Waals surface area contributed by atoms with Gasteiger partial charge in [-0.1, -0.05) is 36.9 Å². The molecular weight excluding hydrogens is 369 g/mol. The largest absolute Gasteiger partial charge is 0.460 e. The fourth-order valence-corrected chi connectivity index (χ4v) is 4.52. The van der Waals surface area contributed by atoms with Gasteiger partial charge in [0.05, 0.1) is 4.90 Å². The Kier molecular flexibility index (Phi) is 7.50. The molecule has 27 heavy (non-hydrogen) atoms. The van der Waals surface area contributed by atoms with Crippen LogP contribution in [0.25, 0.3) is 0 Å². The first kappa shape index (κ1) is 21.1. The number of carbonyl (C=O) groups excluding carboxylic acids is 1. The highest BCUT2D eigenvalue weighted by Gasteiger charge is 2.38. The average molecular weight is 393 g/mol. The van der Waals surface area contributed by atoms with E-state index in [1.54, 1.807) is 18.2 Å². The smallest absolute Gasteiger partial charge is 0.324 e. The molecule has 0 saturated carbocycles. The van der Waals surface area contributed by atoms with Gasteiger partial charge in [-0.2, -0.15) is 4.31 Å². The topological polar surface area (TPSA) is 63.7 Å². The van der Waals surface area contributed by atoms with Crippen LogP contribution in [0.4, 0.5) is 4.39 Å². The van der Waals surface area contributed by atoms with E-state index in [1.165, 1.54) is 18.2 Å². The molecule has 1 fully saturated rings. The third-order valence-electron chi connectivity index (χ3n) is 4.27. The zero-order chi connectivity index (χ0) is 19.9. The number of sulfonamides is 1. The molecule has 0 N–H and O–H groups in total. The van der Waals surface area contributed by atoms with E-state index >= 15 is 0 Å². The lowest BCUT2D eigenvalue weighted by molar-refractivity contribution is -0.148. The Bertz CT molecular complexity index is 845. The Labute approximate surface area is 159 Å². The average Bonchev–Trinajstić information content (AvgIpc) is 2.68. The quantitative estimate of drug-likeness (QED) is 0.524. The van der Waals surface area contributed by atoms with Crippen molar-refractivity contribution < 1.29 is 22.3 Å². The molecule has 0 amide bonds. The van der Waals surface area contributed by atoms with Crippen LogP contribution in [0.2, 0.25) is 0 Å². The van der Waals surface area contributed by atoms with Crippen LogP contribution in [0.1, 0.15) is 26.2 Å². The van der Waals surface area contributed by atoms with Crippen molar-refractivity contribution in [2.45, 2.75) is 37.1 Å². The normalized spacial score (nSPS) is 19.2. The van der Waals surface area contributed by atoms with Crippen molar-refractivity contribution in [2.24, 2.45) is 0 Å². The van der Waals surface area contributed by atoms with Crippen molar-refractivity contribution in [3.8, 4) is 0 Å². The number of ether oxygens (including phenoxy) is 1. The number of benzene rings is 1. The highest BCUT2D eigenvalue weighted by atomic mass is 32.2. The van der Waals surface area contributed by atoms with Crippen LogP contribution in [-0.2, 0) is 19.6 Å². The molecule has 2 rings (SSSR count). The van der Waals surface area contributed by atoms with Gasteiger partial charge in [-0.3, -0.25) is 4.79 Å². The first-order valence-corrected chi connectivity index (χ1v) is 10.2. The summed E-state index contributed by atoms with van der Waals surface area (Å²) in [5.41, 5.74) is 0.705. The Balaban J connectivity index is 2.19. The van der Waals surface area contributed by atoms with Crippen LogP contribution >= 0.6 is 0 Å². The molecule has 146 valence electrons. The van der Waals surface area contributed by atoms with E-state index in [2.05, 4.69) is 6.58 Å². The lowest BCUT2D eigenvalue weighted by atomic mass is 10.1. The maximum absolute atomic E-state index is 13.5. The molecule has 0 aliphatic carbocycles. The van der Waals surface area contributed by atoms with Gasteiger partial charge in [-0.15, -0.1) is 0 Å². The predicted molar refractivity (Wildman–Crippen MR) is 102 cm³/mol. The summed E-state index contributed by atoms with van der Waals surface area (Å²) >= 11 is 0. The van der Waals surface area contributed by atoms with Crippen molar-refractivity contribution >= 4 is 16.0 Å². The van der Waals surface area contributed by atoms with Gasteiger partial charge in [0.2, 0.25) is 10.0 Å². The van der Waals surface area contributed by atoms with Crippen LogP contribution in [0.5, 0.6) is 0 Å². The van der Waals surface area contributed by atoms with Gasteiger partial charge >= 0.3 is 5.97 Å². The summed E-state index contributed by atoms with van der Waals surface area (Å²) in [7, 11) is -3.99. The second-order valence-corrected chi connectivity index (χ2v) is 8.05. The van der Waals surface area contributed by atoms with Gasteiger partial charge in [-0.25, -0.2) is 12.8 Å². The highest BCUT2D eigenvalue weighted by molar-refractivity contribution is 7.89. The first-order valence-electron chi connectivity index (χ1n) is 8.78. The van der Waals surface area contributed by atoms with Gasteiger partial charge in [0.25, 0.3) is 0 Å². The molecule has 1 unspecified atom stereocenters. The zero-order valence-electron chi connectivity index (χ0n) is 15.3. The van der Waals surface area contributed by atoms with E-state index in [0.717, 1.165) is 16.8 Å².